The van der Waals surface area contributed by atoms with Crippen LogP contribution in [0.25, 0.3) is 0 Å². The molecule has 0 bridgehead atoms. The SMILES string of the molecule is CC[C@H](C(=O)N1CCCCC1C(=O)O[C@H](CCc1ccc(OC)c(OC)c1)c1cccc(OCC(=O)NCCNC(=O)COc2cccc([C@@H](CCc3ccc(OC)c(OC)c3)OC(=O)[C@@H]3CCCCN3C(=O)[C@@H](CC)c3cc(OC)c(OC)c(OC)c3)c2)c1)c1cc(OC)c(OC)c(OC)c1. The molecule has 0 aliphatic carbocycles. The highest BCUT2D eigenvalue weighted by atomic mass is 16.6. The Hall–Kier alpha value is -10.3. The van der Waals surface area contributed by atoms with Crippen molar-refractivity contribution < 1.29 is 95.1 Å². The van der Waals surface area contributed by atoms with Crippen LogP contribution in [0.4, 0.5) is 0 Å². The van der Waals surface area contributed by atoms with Gasteiger partial charge in [-0.1, -0.05) is 50.2 Å². The van der Waals surface area contributed by atoms with E-state index in [1.807, 2.05) is 62.4 Å². The molecule has 102 heavy (non-hydrogen) atoms. The average molecular weight is 1410 g/mol. The smallest absolute Gasteiger partial charge is 0.329 e. The largest absolute Gasteiger partial charge is 0.493 e. The molecule has 24 heteroatoms. The van der Waals surface area contributed by atoms with Crippen LogP contribution in [-0.4, -0.2) is 168 Å². The number of carbonyl (C=O) groups excluding carboxylic acids is 6. The van der Waals surface area contributed by atoms with Gasteiger partial charge in [-0.15, -0.1) is 0 Å². The zero-order valence-corrected chi connectivity index (χ0v) is 60.6. The maximum Gasteiger partial charge on any atom is 0.329 e. The molecule has 2 heterocycles. The molecular weight excluding hydrogens is 1310 g/mol. The number of esters is 2. The molecule has 2 saturated heterocycles. The molecule has 4 amide bonds. The highest BCUT2D eigenvalue weighted by Crippen LogP contribution is 2.44. The fourth-order valence-electron chi connectivity index (χ4n) is 13.1. The summed E-state index contributed by atoms with van der Waals surface area (Å²) in [7, 11) is 15.3. The summed E-state index contributed by atoms with van der Waals surface area (Å²) in [5, 5.41) is 5.55. The Morgan fingerprint density at radius 2 is 0.775 bits per heavy atom. The molecule has 0 spiro atoms. The lowest BCUT2D eigenvalue weighted by molar-refractivity contribution is -0.162. The minimum atomic E-state index is -0.860. The van der Waals surface area contributed by atoms with Crippen molar-refractivity contribution in [2.75, 3.05) is 110 Å². The van der Waals surface area contributed by atoms with Crippen LogP contribution in [0.2, 0.25) is 0 Å². The third-order valence-corrected chi connectivity index (χ3v) is 18.5. The maximum absolute atomic E-state index is 14.7. The van der Waals surface area contributed by atoms with Gasteiger partial charge >= 0.3 is 11.9 Å². The lowest BCUT2D eigenvalue weighted by Crippen LogP contribution is -2.50. The lowest BCUT2D eigenvalue weighted by Gasteiger charge is -2.37. The second kappa shape index (κ2) is 38.5. The molecule has 0 saturated carbocycles. The molecule has 2 fully saturated rings. The Morgan fingerprint density at radius 3 is 1.11 bits per heavy atom. The molecular formula is C78H98N4O20. The number of nitrogens with one attached hydrogen (secondary N) is 2. The molecule has 24 nitrogen and oxygen atoms in total. The van der Waals surface area contributed by atoms with E-state index in [0.29, 0.717) is 181 Å². The Kier molecular flexibility index (Phi) is 29.3. The maximum atomic E-state index is 14.7. The summed E-state index contributed by atoms with van der Waals surface area (Å²) in [4.78, 5) is 88.3. The molecule has 6 aromatic rings. The van der Waals surface area contributed by atoms with Crippen molar-refractivity contribution in [1.82, 2.24) is 20.4 Å². The third-order valence-electron chi connectivity index (χ3n) is 18.5. The number of benzene rings is 6. The zero-order valence-electron chi connectivity index (χ0n) is 60.6. The summed E-state index contributed by atoms with van der Waals surface area (Å²) in [6.07, 6.45) is 4.54. The average Bonchev–Trinajstić information content (AvgIpc) is 0.796. The number of piperidine rings is 2. The molecule has 6 atom stereocenters. The second-order valence-corrected chi connectivity index (χ2v) is 24.7. The molecule has 2 aliphatic rings. The Balaban J connectivity index is 0.885. The number of aryl methyl sites for hydroxylation is 2. The fourth-order valence-corrected chi connectivity index (χ4v) is 13.1. The van der Waals surface area contributed by atoms with Crippen LogP contribution >= 0.6 is 0 Å². The number of hydrogen-bond donors (Lipinski definition) is 2. The van der Waals surface area contributed by atoms with Crippen LogP contribution in [0.5, 0.6) is 69.0 Å². The highest BCUT2D eigenvalue weighted by molar-refractivity contribution is 5.90. The number of amides is 4. The number of rotatable bonds is 37. The first-order chi connectivity index (χ1) is 49.5. The summed E-state index contributed by atoms with van der Waals surface area (Å²) in [5.41, 5.74) is 4.34. The van der Waals surface area contributed by atoms with Crippen molar-refractivity contribution in [1.29, 1.82) is 0 Å². The van der Waals surface area contributed by atoms with Crippen molar-refractivity contribution in [3.05, 3.63) is 143 Å². The van der Waals surface area contributed by atoms with Gasteiger partial charge in [-0.05, 0) is 183 Å². The number of methoxy groups -OCH3 is 10. The Labute approximate surface area is 597 Å². The van der Waals surface area contributed by atoms with Crippen molar-refractivity contribution >= 4 is 35.6 Å². The van der Waals surface area contributed by atoms with Crippen LogP contribution in [0.1, 0.15) is 135 Å². The van der Waals surface area contributed by atoms with Crippen LogP contribution in [0.3, 0.4) is 0 Å². The molecule has 2 N–H and O–H groups in total. The van der Waals surface area contributed by atoms with E-state index in [-0.39, 0.29) is 38.1 Å². The van der Waals surface area contributed by atoms with Crippen LogP contribution in [0.15, 0.2) is 109 Å². The molecule has 0 radical (unpaired) electrons. The topological polar surface area (TPSA) is 262 Å². The number of ether oxygens (including phenoxy) is 14. The normalized spacial score (nSPS) is 15.4. The molecule has 1 unspecified atom stereocenters. The van der Waals surface area contributed by atoms with Crippen LogP contribution in [-0.2, 0) is 51.1 Å². The van der Waals surface area contributed by atoms with Crippen molar-refractivity contribution in [3.8, 4) is 69.0 Å². The van der Waals surface area contributed by atoms with Crippen molar-refractivity contribution in [2.45, 2.75) is 127 Å². The van der Waals surface area contributed by atoms with Gasteiger partial charge in [-0.25, -0.2) is 9.59 Å². The predicted molar refractivity (Wildman–Crippen MR) is 380 cm³/mol. The monoisotopic (exact) mass is 1410 g/mol. The van der Waals surface area contributed by atoms with E-state index in [2.05, 4.69) is 10.6 Å². The fraction of sp³-hybridized carbons (Fsp3) is 0.462. The first-order valence-electron chi connectivity index (χ1n) is 34.5. The first kappa shape index (κ1) is 77.5. The lowest BCUT2D eigenvalue weighted by atomic mass is 9.91. The van der Waals surface area contributed by atoms with Gasteiger partial charge in [-0.2, -0.15) is 0 Å². The molecule has 2 aliphatic heterocycles. The summed E-state index contributed by atoms with van der Waals surface area (Å²) < 4.78 is 80.7. The summed E-state index contributed by atoms with van der Waals surface area (Å²) in [6, 6.07) is 30.5. The quantitative estimate of drug-likeness (QED) is 0.0271. The second-order valence-electron chi connectivity index (χ2n) is 24.7. The van der Waals surface area contributed by atoms with Gasteiger partial charge in [0.2, 0.25) is 23.3 Å². The number of carbonyl (C=O) groups is 6. The highest BCUT2D eigenvalue weighted by Gasteiger charge is 2.40. The Morgan fingerprint density at radius 1 is 0.412 bits per heavy atom. The van der Waals surface area contributed by atoms with Crippen molar-refractivity contribution in [3.63, 3.8) is 0 Å². The first-order valence-corrected chi connectivity index (χ1v) is 34.5. The zero-order chi connectivity index (χ0) is 73.2. The van der Waals surface area contributed by atoms with Gasteiger partial charge in [0.15, 0.2) is 59.2 Å². The van der Waals surface area contributed by atoms with E-state index < -0.39 is 59.9 Å². The minimum absolute atomic E-state index is 0.0705. The van der Waals surface area contributed by atoms with E-state index in [4.69, 9.17) is 66.3 Å². The van der Waals surface area contributed by atoms with E-state index in [0.717, 1.165) is 11.1 Å². The predicted octanol–water partition coefficient (Wildman–Crippen LogP) is 11.0. The van der Waals surface area contributed by atoms with E-state index >= 15 is 0 Å². The summed E-state index contributed by atoms with van der Waals surface area (Å²) in [6.45, 7) is 3.97. The van der Waals surface area contributed by atoms with Gasteiger partial charge in [0.1, 0.15) is 35.8 Å². The third kappa shape index (κ3) is 19.8. The van der Waals surface area contributed by atoms with Gasteiger partial charge in [0.25, 0.3) is 11.8 Å². The standard InChI is InChI=1S/C78H98N4O20/c1-13-57(53-43-67(93-7)73(97-11)68(44-53)94-8)75(85)81-37-17-15-25-59(81)77(87)101-61(31-27-49-29-33-63(89-3)65(39-49)91-5)51-21-19-23-55(41-51)99-47-71(83)79-35-36-80-72(84)48-100-56-24-20-22-52(42-56)62(32-28-50-30-34-64(90-4)66(40-50)92-6)102-78(88)60-26-16-18-38-82(60)76(86)58(14-2)54-45-69(95-9)74(98-12)70(46-54)96-10/h19-24,29-30,33-34,39-46,57-62H,13-18,25-28,31-32,35-38,47-48H2,1-12H3,(H,79,83)(H,80,84)/t57-,58-,59-,60?,61+,62+/m0/s1. The summed E-state index contributed by atoms with van der Waals surface area (Å²) in [5.74, 6) is 1.68. The summed E-state index contributed by atoms with van der Waals surface area (Å²) >= 11 is 0. The minimum Gasteiger partial charge on any atom is -0.493 e. The molecule has 0 aromatic heterocycles. The Bertz CT molecular complexity index is 3510. The van der Waals surface area contributed by atoms with Gasteiger partial charge < -0.3 is 86.7 Å². The van der Waals surface area contributed by atoms with Crippen LogP contribution < -0.4 is 67.5 Å². The van der Waals surface area contributed by atoms with Gasteiger partial charge in [0.05, 0.1) is 82.9 Å². The van der Waals surface area contributed by atoms with Crippen molar-refractivity contribution in [2.24, 2.45) is 0 Å². The van der Waals surface area contributed by atoms with E-state index in [9.17, 15) is 28.8 Å². The van der Waals surface area contributed by atoms with Crippen LogP contribution in [0, 0.1) is 0 Å². The molecule has 6 aromatic carbocycles. The number of hydrogen-bond acceptors (Lipinski definition) is 20. The molecule has 8 rings (SSSR count). The van der Waals surface area contributed by atoms with Gasteiger partial charge in [-0.3, -0.25) is 19.2 Å². The van der Waals surface area contributed by atoms with Gasteiger partial charge in [0, 0.05) is 26.2 Å². The van der Waals surface area contributed by atoms with E-state index in [1.54, 1.807) is 98.9 Å². The number of likely N-dealkylation sites (tertiary alicyclic amines) is 2. The number of nitrogens with zero attached hydrogens (tertiary/aromatic N) is 2. The van der Waals surface area contributed by atoms with E-state index in [1.165, 1.54) is 42.7 Å². The molecule has 550 valence electrons.